The molecule has 0 fully saturated rings. The molecule has 1 unspecified atom stereocenters. The third-order valence-electron chi connectivity index (χ3n) is 2.72. The first kappa shape index (κ1) is 13.3. The van der Waals surface area contributed by atoms with Gasteiger partial charge in [0.1, 0.15) is 0 Å². The molecule has 1 heterocycles. The maximum atomic E-state index is 13.6. The van der Waals surface area contributed by atoms with Crippen molar-refractivity contribution in [3.8, 4) is 5.75 Å². The average molecular weight is 286 g/mol. The third kappa shape index (κ3) is 2.51. The van der Waals surface area contributed by atoms with Crippen LogP contribution in [0.5, 0.6) is 5.75 Å². The van der Waals surface area contributed by atoms with Gasteiger partial charge in [0, 0.05) is 4.88 Å². The van der Waals surface area contributed by atoms with E-state index in [0.717, 1.165) is 14.8 Å². The minimum atomic E-state index is -0.412. The molecule has 1 aromatic carbocycles. The van der Waals surface area contributed by atoms with Crippen LogP contribution in [0.15, 0.2) is 24.3 Å². The van der Waals surface area contributed by atoms with Gasteiger partial charge < -0.3 is 10.5 Å². The summed E-state index contributed by atoms with van der Waals surface area (Å²) in [6.45, 7) is 1.92. The first-order valence-electron chi connectivity index (χ1n) is 5.37. The summed E-state index contributed by atoms with van der Waals surface area (Å²) in [5.41, 5.74) is 7.79. The zero-order valence-electron chi connectivity index (χ0n) is 10.0. The molecule has 2 rings (SSSR count). The van der Waals surface area contributed by atoms with E-state index in [1.807, 2.05) is 13.0 Å². The van der Waals surface area contributed by atoms with Crippen molar-refractivity contribution in [2.75, 3.05) is 7.11 Å². The predicted molar refractivity (Wildman–Crippen MR) is 73.0 cm³/mol. The SMILES string of the molecule is COc1ccc(C(N)c2cc(C)c(Cl)s2)cc1F. The molecule has 0 aliphatic rings. The second-order valence-corrected chi connectivity index (χ2v) is 5.66. The van der Waals surface area contributed by atoms with Gasteiger partial charge >= 0.3 is 0 Å². The van der Waals surface area contributed by atoms with Crippen LogP contribution >= 0.6 is 22.9 Å². The highest BCUT2D eigenvalue weighted by Crippen LogP contribution is 2.33. The Bertz CT molecular complexity index is 551. The largest absolute Gasteiger partial charge is 0.494 e. The number of nitrogens with two attached hydrogens (primary N) is 1. The summed E-state index contributed by atoms with van der Waals surface area (Å²) in [6, 6.07) is 6.29. The quantitative estimate of drug-likeness (QED) is 0.928. The molecule has 0 saturated carbocycles. The van der Waals surface area contributed by atoms with Crippen LogP contribution in [-0.4, -0.2) is 7.11 Å². The molecule has 96 valence electrons. The molecule has 0 spiro atoms. The Morgan fingerprint density at radius 2 is 2.11 bits per heavy atom. The Morgan fingerprint density at radius 1 is 1.39 bits per heavy atom. The van der Waals surface area contributed by atoms with Gasteiger partial charge in [-0.3, -0.25) is 0 Å². The van der Waals surface area contributed by atoms with Crippen molar-refractivity contribution >= 4 is 22.9 Å². The Hall–Kier alpha value is -1.10. The molecule has 2 nitrogen and oxygen atoms in total. The normalized spacial score (nSPS) is 12.5. The van der Waals surface area contributed by atoms with Crippen LogP contribution in [0.2, 0.25) is 4.34 Å². The van der Waals surface area contributed by atoms with Crippen molar-refractivity contribution in [1.29, 1.82) is 0 Å². The fourth-order valence-corrected chi connectivity index (χ4v) is 2.92. The molecular weight excluding hydrogens is 273 g/mol. The lowest BCUT2D eigenvalue weighted by Crippen LogP contribution is -2.10. The number of methoxy groups -OCH3 is 1. The molecule has 1 atom stereocenters. The van der Waals surface area contributed by atoms with Crippen molar-refractivity contribution in [2.45, 2.75) is 13.0 Å². The van der Waals surface area contributed by atoms with E-state index in [1.165, 1.54) is 24.5 Å². The molecule has 2 N–H and O–H groups in total. The Balaban J connectivity index is 2.33. The number of thiophene rings is 1. The number of hydrogen-bond acceptors (Lipinski definition) is 3. The number of ether oxygens (including phenoxy) is 1. The van der Waals surface area contributed by atoms with Gasteiger partial charge in [0.15, 0.2) is 11.6 Å². The molecule has 0 aliphatic carbocycles. The van der Waals surface area contributed by atoms with Crippen LogP contribution in [-0.2, 0) is 0 Å². The third-order valence-corrected chi connectivity index (χ3v) is 4.36. The predicted octanol–water partition coefficient (Wildman–Crippen LogP) is 3.91. The zero-order chi connectivity index (χ0) is 13.3. The standard InChI is InChI=1S/C13H13ClFNOS/c1-7-5-11(18-13(7)14)12(16)8-3-4-10(17-2)9(15)6-8/h3-6,12H,16H2,1-2H3. The van der Waals surface area contributed by atoms with Gasteiger partial charge in [0.05, 0.1) is 17.5 Å². The summed E-state index contributed by atoms with van der Waals surface area (Å²) >= 11 is 7.43. The molecule has 0 saturated heterocycles. The number of halogens is 2. The summed E-state index contributed by atoms with van der Waals surface area (Å²) in [6.07, 6.45) is 0. The highest BCUT2D eigenvalue weighted by Gasteiger charge is 2.15. The van der Waals surface area contributed by atoms with Crippen molar-refractivity contribution < 1.29 is 9.13 Å². The molecule has 0 aliphatic heterocycles. The van der Waals surface area contributed by atoms with E-state index < -0.39 is 5.82 Å². The van der Waals surface area contributed by atoms with Crippen LogP contribution in [0.4, 0.5) is 4.39 Å². The summed E-state index contributed by atoms with van der Waals surface area (Å²) in [5.74, 6) is -0.198. The van der Waals surface area contributed by atoms with Gasteiger partial charge in [-0.05, 0) is 36.2 Å². The second kappa shape index (κ2) is 5.26. The van der Waals surface area contributed by atoms with Gasteiger partial charge in [-0.2, -0.15) is 0 Å². The molecule has 0 radical (unpaired) electrons. The van der Waals surface area contributed by atoms with E-state index in [2.05, 4.69) is 0 Å². The van der Waals surface area contributed by atoms with E-state index >= 15 is 0 Å². The molecule has 0 bridgehead atoms. The number of benzene rings is 1. The van der Waals surface area contributed by atoms with Crippen LogP contribution in [0, 0.1) is 12.7 Å². The lowest BCUT2D eigenvalue weighted by atomic mass is 10.1. The second-order valence-electron chi connectivity index (χ2n) is 3.98. The van der Waals surface area contributed by atoms with E-state index in [1.54, 1.807) is 12.1 Å². The first-order valence-corrected chi connectivity index (χ1v) is 6.57. The minimum absolute atomic E-state index is 0.214. The molecule has 5 heteroatoms. The Kier molecular flexibility index (Phi) is 3.90. The van der Waals surface area contributed by atoms with Gasteiger partial charge in [-0.15, -0.1) is 11.3 Å². The van der Waals surface area contributed by atoms with Gasteiger partial charge in [0.2, 0.25) is 0 Å². The first-order chi connectivity index (χ1) is 8.52. The smallest absolute Gasteiger partial charge is 0.165 e. The summed E-state index contributed by atoms with van der Waals surface area (Å²) in [5, 5.41) is 0. The maximum Gasteiger partial charge on any atom is 0.165 e. The van der Waals surface area contributed by atoms with E-state index in [0.29, 0.717) is 5.56 Å². The van der Waals surface area contributed by atoms with Gasteiger partial charge in [0.25, 0.3) is 0 Å². The fourth-order valence-electron chi connectivity index (χ4n) is 1.68. The van der Waals surface area contributed by atoms with E-state index in [-0.39, 0.29) is 11.8 Å². The lowest BCUT2D eigenvalue weighted by molar-refractivity contribution is 0.386. The van der Waals surface area contributed by atoms with E-state index in [9.17, 15) is 4.39 Å². The van der Waals surface area contributed by atoms with Crippen LogP contribution < -0.4 is 10.5 Å². The number of hydrogen-bond donors (Lipinski definition) is 1. The molecule has 0 amide bonds. The van der Waals surface area contributed by atoms with Crippen LogP contribution in [0.25, 0.3) is 0 Å². The Labute approximate surface area is 114 Å². The topological polar surface area (TPSA) is 35.2 Å². The Morgan fingerprint density at radius 3 is 2.61 bits per heavy atom. The maximum absolute atomic E-state index is 13.6. The summed E-state index contributed by atoms with van der Waals surface area (Å²) in [4.78, 5) is 0.919. The minimum Gasteiger partial charge on any atom is -0.494 e. The van der Waals surface area contributed by atoms with E-state index in [4.69, 9.17) is 22.1 Å². The highest BCUT2D eigenvalue weighted by atomic mass is 35.5. The number of rotatable bonds is 3. The lowest BCUT2D eigenvalue weighted by Gasteiger charge is -2.11. The summed E-state index contributed by atoms with van der Waals surface area (Å²) < 4.78 is 19.2. The van der Waals surface area contributed by atoms with Gasteiger partial charge in [-0.1, -0.05) is 17.7 Å². The fraction of sp³-hybridized carbons (Fsp3) is 0.231. The number of aryl methyl sites for hydroxylation is 1. The molecule has 18 heavy (non-hydrogen) atoms. The van der Waals surface area contributed by atoms with Crippen molar-refractivity contribution in [2.24, 2.45) is 5.73 Å². The zero-order valence-corrected chi connectivity index (χ0v) is 11.6. The van der Waals surface area contributed by atoms with Crippen molar-refractivity contribution in [3.63, 3.8) is 0 Å². The highest BCUT2D eigenvalue weighted by molar-refractivity contribution is 7.16. The molecule has 2 aromatic rings. The summed E-state index contributed by atoms with van der Waals surface area (Å²) in [7, 11) is 1.43. The van der Waals surface area contributed by atoms with Crippen LogP contribution in [0.3, 0.4) is 0 Å². The molecular formula is C13H13ClFNOS. The average Bonchev–Trinajstić information content (AvgIpc) is 2.68. The monoisotopic (exact) mass is 285 g/mol. The molecule has 1 aromatic heterocycles. The van der Waals surface area contributed by atoms with Crippen molar-refractivity contribution in [3.05, 3.63) is 50.4 Å². The van der Waals surface area contributed by atoms with Crippen molar-refractivity contribution in [1.82, 2.24) is 0 Å². The van der Waals surface area contributed by atoms with Gasteiger partial charge in [-0.25, -0.2) is 4.39 Å². The van der Waals surface area contributed by atoms with Crippen LogP contribution in [0.1, 0.15) is 22.0 Å².